The summed E-state index contributed by atoms with van der Waals surface area (Å²) in [7, 11) is 0. The highest BCUT2D eigenvalue weighted by molar-refractivity contribution is 7.99. The molecule has 0 radical (unpaired) electrons. The maximum atomic E-state index is 6.50. The number of nitrogens with zero attached hydrogens (tertiary/aromatic N) is 1. The second kappa shape index (κ2) is 13.9. The molecule has 12 rings (SSSR count). The number of ether oxygens (including phenoxy) is 1. The van der Waals surface area contributed by atoms with Crippen LogP contribution in [0.2, 0.25) is 0 Å². The minimum Gasteiger partial charge on any atom is -0.479 e. The minimum absolute atomic E-state index is 0.234. The first-order chi connectivity index (χ1) is 29.8. The van der Waals surface area contributed by atoms with Gasteiger partial charge in [0.1, 0.15) is 5.94 Å². The van der Waals surface area contributed by atoms with Crippen LogP contribution < -0.4 is 9.64 Å². The van der Waals surface area contributed by atoms with Crippen LogP contribution in [0, 0.1) is 5.92 Å². The molecular weight excluding hydrogens is 747 g/mol. The molecule has 0 spiro atoms. The number of hydrogen-bond acceptors (Lipinski definition) is 3. The highest BCUT2D eigenvalue weighted by Crippen LogP contribution is 2.61. The number of benzene rings is 8. The van der Waals surface area contributed by atoms with Crippen LogP contribution in [0.4, 0.5) is 17.1 Å². The molecule has 2 atom stereocenters. The summed E-state index contributed by atoms with van der Waals surface area (Å²) in [6.07, 6.45) is 10.2. The summed E-state index contributed by atoms with van der Waals surface area (Å²) in [5, 5.41) is 0. The van der Waals surface area contributed by atoms with Gasteiger partial charge in [0.25, 0.3) is 0 Å². The fourth-order valence-corrected chi connectivity index (χ4v) is 11.8. The summed E-state index contributed by atoms with van der Waals surface area (Å²) in [5.41, 5.74) is 16.6. The Bertz CT molecular complexity index is 2970. The molecule has 8 aromatic rings. The van der Waals surface area contributed by atoms with Crippen LogP contribution in [0.25, 0.3) is 22.3 Å². The summed E-state index contributed by atoms with van der Waals surface area (Å²) in [4.78, 5) is 3.62. The maximum Gasteiger partial charge on any atom is 0.158 e. The van der Waals surface area contributed by atoms with Gasteiger partial charge in [-0.3, -0.25) is 0 Å². The number of thioether (sulfide) groups is 1. The maximum absolute atomic E-state index is 6.50. The first-order valence-electron chi connectivity index (χ1n) is 21.0. The third-order valence-corrected chi connectivity index (χ3v) is 14.3. The number of para-hydroxylation sites is 1. The van der Waals surface area contributed by atoms with Gasteiger partial charge in [0.05, 0.1) is 21.4 Å². The van der Waals surface area contributed by atoms with Crippen molar-refractivity contribution in [1.29, 1.82) is 0 Å². The fourth-order valence-electron chi connectivity index (χ4n) is 11.1. The highest BCUT2D eigenvalue weighted by atomic mass is 32.2. The van der Waals surface area contributed by atoms with E-state index in [4.69, 9.17) is 4.74 Å². The van der Waals surface area contributed by atoms with Gasteiger partial charge in [0.15, 0.2) is 5.75 Å². The van der Waals surface area contributed by atoms with Crippen molar-refractivity contribution in [3.8, 4) is 28.0 Å². The van der Waals surface area contributed by atoms with E-state index < -0.39 is 5.41 Å². The van der Waals surface area contributed by atoms with Crippen molar-refractivity contribution >= 4 is 28.8 Å². The molecule has 60 heavy (non-hydrogen) atoms. The van der Waals surface area contributed by atoms with E-state index in [-0.39, 0.29) is 11.3 Å². The second-order valence-corrected chi connectivity index (χ2v) is 17.2. The summed E-state index contributed by atoms with van der Waals surface area (Å²) < 4.78 is 6.50. The van der Waals surface area contributed by atoms with E-state index in [2.05, 4.69) is 223 Å². The SMILES string of the molecule is C1=CCC(C2(c3ccccc3)c3ccccc3-c3ccc(N(c4ccc5c(c4)-c4ccccc4C5(c4ccccc4)c4ccccc4)c4cccc5c4OCS5)cc32)C=C1. The van der Waals surface area contributed by atoms with Gasteiger partial charge in [0.2, 0.25) is 0 Å². The van der Waals surface area contributed by atoms with Crippen molar-refractivity contribution in [1.82, 2.24) is 0 Å². The van der Waals surface area contributed by atoms with Crippen LogP contribution in [0.1, 0.15) is 45.4 Å². The molecule has 0 bridgehead atoms. The van der Waals surface area contributed by atoms with Crippen LogP contribution in [0.15, 0.2) is 223 Å². The molecule has 3 aliphatic carbocycles. The van der Waals surface area contributed by atoms with Crippen molar-refractivity contribution in [2.24, 2.45) is 5.92 Å². The molecule has 3 heteroatoms. The Labute approximate surface area is 356 Å². The standard InChI is InChI=1S/C57H41NOS/c1-5-18-39(19-6-1)56(40-20-7-2-8-21-40)50-29-16-14-27-46(50)48-36-43(33-35-51(48)56)58(53-30-17-31-54-55(53)59-38-60-54)44-32-34-47-45-26-13-15-28-49(45)57(52(47)37-44,41-22-9-3-10-23-41)42-24-11-4-12-25-42/h1-24,26-37,42H,25,38H2. The molecule has 1 heterocycles. The Morgan fingerprint density at radius 3 is 1.80 bits per heavy atom. The molecule has 286 valence electrons. The number of fused-ring (bicyclic) bond motifs is 7. The fraction of sp³-hybridized carbons (Fsp3) is 0.0877. The van der Waals surface area contributed by atoms with E-state index in [9.17, 15) is 0 Å². The van der Waals surface area contributed by atoms with Crippen molar-refractivity contribution < 1.29 is 4.74 Å². The van der Waals surface area contributed by atoms with Crippen LogP contribution in [-0.4, -0.2) is 5.94 Å². The van der Waals surface area contributed by atoms with Gasteiger partial charge in [0, 0.05) is 11.4 Å². The monoisotopic (exact) mass is 787 g/mol. The summed E-state index contributed by atoms with van der Waals surface area (Å²) >= 11 is 1.76. The lowest BCUT2D eigenvalue weighted by molar-refractivity contribution is 0.399. The first-order valence-corrected chi connectivity index (χ1v) is 21.9. The summed E-state index contributed by atoms with van der Waals surface area (Å²) in [5.74, 6) is 1.77. The molecule has 0 amide bonds. The van der Waals surface area contributed by atoms with Gasteiger partial charge in [-0.15, -0.1) is 0 Å². The van der Waals surface area contributed by atoms with Gasteiger partial charge in [-0.25, -0.2) is 0 Å². The van der Waals surface area contributed by atoms with E-state index >= 15 is 0 Å². The third kappa shape index (κ3) is 4.96. The molecule has 2 nitrogen and oxygen atoms in total. The molecule has 0 N–H and O–H groups in total. The average molecular weight is 788 g/mol. The van der Waals surface area contributed by atoms with E-state index in [1.807, 2.05) is 0 Å². The third-order valence-electron chi connectivity index (χ3n) is 13.4. The molecule has 8 aromatic carbocycles. The van der Waals surface area contributed by atoms with Gasteiger partial charge in [-0.05, 0) is 110 Å². The Kier molecular flexibility index (Phi) is 8.15. The average Bonchev–Trinajstić information content (AvgIpc) is 4.01. The zero-order valence-corrected chi connectivity index (χ0v) is 33.9. The van der Waals surface area contributed by atoms with Crippen molar-refractivity contribution in [2.45, 2.75) is 22.1 Å². The van der Waals surface area contributed by atoms with Crippen molar-refractivity contribution in [2.75, 3.05) is 10.8 Å². The Morgan fingerprint density at radius 2 is 1.08 bits per heavy atom. The van der Waals surface area contributed by atoms with Gasteiger partial charge in [-0.1, -0.05) is 194 Å². The second-order valence-electron chi connectivity index (χ2n) is 16.2. The number of allylic oxidation sites excluding steroid dienone is 4. The first kappa shape index (κ1) is 35.2. The van der Waals surface area contributed by atoms with Gasteiger partial charge >= 0.3 is 0 Å². The van der Waals surface area contributed by atoms with E-state index in [1.54, 1.807) is 11.8 Å². The lowest BCUT2D eigenvalue weighted by Gasteiger charge is -2.40. The van der Waals surface area contributed by atoms with Crippen molar-refractivity contribution in [3.05, 3.63) is 257 Å². The molecule has 0 saturated heterocycles. The predicted octanol–water partition coefficient (Wildman–Crippen LogP) is 14.4. The molecule has 0 fully saturated rings. The molecular formula is C57H41NOS. The largest absolute Gasteiger partial charge is 0.479 e. The molecule has 0 saturated carbocycles. The highest BCUT2D eigenvalue weighted by Gasteiger charge is 2.50. The van der Waals surface area contributed by atoms with Crippen LogP contribution in [0.5, 0.6) is 5.75 Å². The molecule has 4 aliphatic rings. The zero-order valence-electron chi connectivity index (χ0n) is 33.0. The topological polar surface area (TPSA) is 12.5 Å². The Morgan fingerprint density at radius 1 is 0.483 bits per heavy atom. The Hall–Kier alpha value is -6.81. The summed E-state index contributed by atoms with van der Waals surface area (Å²) in [6.45, 7) is 0. The Balaban J connectivity index is 1.12. The van der Waals surface area contributed by atoms with Gasteiger partial charge in [-0.2, -0.15) is 0 Å². The predicted molar refractivity (Wildman–Crippen MR) is 248 cm³/mol. The molecule has 1 aliphatic heterocycles. The number of anilines is 3. The van der Waals surface area contributed by atoms with E-state index in [0.717, 1.165) is 29.2 Å². The van der Waals surface area contributed by atoms with Crippen LogP contribution >= 0.6 is 11.8 Å². The quantitative estimate of drug-likeness (QED) is 0.160. The number of rotatable bonds is 7. The minimum atomic E-state index is -0.470. The van der Waals surface area contributed by atoms with Crippen molar-refractivity contribution in [3.63, 3.8) is 0 Å². The van der Waals surface area contributed by atoms with E-state index in [0.29, 0.717) is 5.94 Å². The molecule has 2 unspecified atom stereocenters. The van der Waals surface area contributed by atoms with Gasteiger partial charge < -0.3 is 9.64 Å². The van der Waals surface area contributed by atoms with Crippen LogP contribution in [-0.2, 0) is 10.8 Å². The molecule has 0 aromatic heterocycles. The lowest BCUT2D eigenvalue weighted by Crippen LogP contribution is -2.35. The smallest absolute Gasteiger partial charge is 0.158 e. The lowest BCUT2D eigenvalue weighted by atomic mass is 9.62. The van der Waals surface area contributed by atoms with Crippen LogP contribution in [0.3, 0.4) is 0 Å². The number of hydrogen-bond donors (Lipinski definition) is 0. The zero-order chi connectivity index (χ0) is 39.7. The summed E-state index contributed by atoms with van der Waals surface area (Å²) in [6, 6.07) is 72.4. The van der Waals surface area contributed by atoms with E-state index in [1.165, 1.54) is 66.1 Å². The normalized spacial score (nSPS) is 18.5.